The minimum Gasteiger partial charge on any atom is -0.495 e. The van der Waals surface area contributed by atoms with Crippen LogP contribution in [-0.4, -0.2) is 25.2 Å². The maximum Gasteiger partial charge on any atom is 0.446 e. The van der Waals surface area contributed by atoms with Crippen LogP contribution in [0.25, 0.3) is 0 Å². The van der Waals surface area contributed by atoms with Crippen molar-refractivity contribution in [2.75, 3.05) is 13.7 Å². The molecule has 0 aliphatic carbocycles. The van der Waals surface area contributed by atoms with Gasteiger partial charge in [-0.2, -0.15) is 18.4 Å². The fraction of sp³-hybridized carbons (Fsp3) is 0.385. The molecule has 0 radical (unpaired) electrons. The predicted molar refractivity (Wildman–Crippen MR) is 70.0 cm³/mol. The summed E-state index contributed by atoms with van der Waals surface area (Å²) in [7, 11) is 1.19. The zero-order valence-corrected chi connectivity index (χ0v) is 12.1. The van der Waals surface area contributed by atoms with Crippen LogP contribution < -0.4 is 4.74 Å². The van der Waals surface area contributed by atoms with E-state index in [0.717, 1.165) is 0 Å². The first-order chi connectivity index (χ1) is 9.82. The highest BCUT2D eigenvalue weighted by atomic mass is 32.2. The molecule has 8 heteroatoms. The summed E-state index contributed by atoms with van der Waals surface area (Å²) in [5.74, 6) is -0.715. The molecular weight excluding hydrogens is 307 g/mol. The van der Waals surface area contributed by atoms with Crippen molar-refractivity contribution in [1.82, 2.24) is 0 Å². The molecule has 0 aliphatic heterocycles. The number of nitriles is 1. The average Bonchev–Trinajstić information content (AvgIpc) is 2.37. The van der Waals surface area contributed by atoms with Gasteiger partial charge in [0, 0.05) is 5.56 Å². The Morgan fingerprint density at radius 2 is 2.10 bits per heavy atom. The van der Waals surface area contributed by atoms with Gasteiger partial charge in [-0.1, -0.05) is 6.07 Å². The second-order valence-corrected chi connectivity index (χ2v) is 4.85. The average molecular weight is 319 g/mol. The van der Waals surface area contributed by atoms with Crippen LogP contribution in [0, 0.1) is 11.3 Å². The third-order valence-electron chi connectivity index (χ3n) is 2.38. The molecule has 0 saturated carbocycles. The summed E-state index contributed by atoms with van der Waals surface area (Å²) < 4.78 is 47.5. The van der Waals surface area contributed by atoms with Gasteiger partial charge in [-0.3, -0.25) is 4.79 Å². The number of rotatable bonds is 5. The normalized spacial score (nSPS) is 10.9. The van der Waals surface area contributed by atoms with Gasteiger partial charge in [-0.05, 0) is 24.8 Å². The van der Waals surface area contributed by atoms with Crippen molar-refractivity contribution in [3.63, 3.8) is 0 Å². The zero-order valence-electron chi connectivity index (χ0n) is 11.3. The minimum absolute atomic E-state index is 0.135. The Balaban J connectivity index is 3.26. The summed E-state index contributed by atoms with van der Waals surface area (Å²) in [5.41, 5.74) is -4.50. The fourth-order valence-electron chi connectivity index (χ4n) is 1.64. The summed E-state index contributed by atoms with van der Waals surface area (Å²) in [6, 6.07) is 4.29. The number of ether oxygens (including phenoxy) is 2. The zero-order chi connectivity index (χ0) is 16.0. The Labute approximate surface area is 123 Å². The van der Waals surface area contributed by atoms with Crippen molar-refractivity contribution in [2.24, 2.45) is 0 Å². The third kappa shape index (κ3) is 4.86. The molecule has 114 valence electrons. The van der Waals surface area contributed by atoms with Crippen LogP contribution in [0.4, 0.5) is 13.2 Å². The summed E-state index contributed by atoms with van der Waals surface area (Å²) >= 11 is -0.442. The first-order valence-electron chi connectivity index (χ1n) is 5.83. The Kier molecular flexibility index (Phi) is 5.90. The van der Waals surface area contributed by atoms with Crippen molar-refractivity contribution in [3.05, 3.63) is 23.3 Å². The third-order valence-corrected chi connectivity index (χ3v) is 3.22. The lowest BCUT2D eigenvalue weighted by Crippen LogP contribution is -2.10. The van der Waals surface area contributed by atoms with E-state index in [1.54, 1.807) is 13.0 Å². The minimum atomic E-state index is -4.57. The summed E-state index contributed by atoms with van der Waals surface area (Å²) in [6.45, 7) is 1.79. The second kappa shape index (κ2) is 7.22. The van der Waals surface area contributed by atoms with E-state index in [0.29, 0.717) is 0 Å². The topological polar surface area (TPSA) is 59.3 Å². The number of esters is 1. The Morgan fingerprint density at radius 3 is 2.57 bits per heavy atom. The van der Waals surface area contributed by atoms with Gasteiger partial charge >= 0.3 is 11.5 Å². The van der Waals surface area contributed by atoms with Crippen LogP contribution in [0.3, 0.4) is 0 Å². The van der Waals surface area contributed by atoms with Crippen molar-refractivity contribution >= 4 is 17.7 Å². The number of hydrogen-bond donors (Lipinski definition) is 0. The molecule has 0 N–H and O–H groups in total. The molecule has 0 spiro atoms. The molecule has 0 bridgehead atoms. The second-order valence-electron chi connectivity index (χ2n) is 3.78. The predicted octanol–water partition coefficient (Wildman–Crippen LogP) is 3.28. The van der Waals surface area contributed by atoms with Crippen LogP contribution in [0.2, 0.25) is 0 Å². The van der Waals surface area contributed by atoms with Crippen molar-refractivity contribution < 1.29 is 27.4 Å². The number of hydrogen-bond acceptors (Lipinski definition) is 5. The highest BCUT2D eigenvalue weighted by molar-refractivity contribution is 8.00. The Hall–Kier alpha value is -1.88. The van der Waals surface area contributed by atoms with Crippen LogP contribution in [-0.2, 0) is 16.0 Å². The first-order valence-corrected chi connectivity index (χ1v) is 6.65. The lowest BCUT2D eigenvalue weighted by molar-refractivity contribution is -0.142. The molecule has 1 aromatic rings. The summed E-state index contributed by atoms with van der Waals surface area (Å²) in [6.07, 6.45) is -0.228. The molecule has 0 saturated heterocycles. The van der Waals surface area contributed by atoms with E-state index >= 15 is 0 Å². The number of alkyl halides is 3. The molecule has 0 amide bonds. The van der Waals surface area contributed by atoms with Gasteiger partial charge in [0.05, 0.1) is 30.6 Å². The highest BCUT2D eigenvalue weighted by Gasteiger charge is 2.33. The summed E-state index contributed by atoms with van der Waals surface area (Å²) in [5, 5.41) is 8.91. The van der Waals surface area contributed by atoms with E-state index in [9.17, 15) is 18.0 Å². The number of carbonyl (C=O) groups excluding carboxylic acids is 1. The molecule has 0 aromatic heterocycles. The monoisotopic (exact) mass is 319 g/mol. The number of nitrogens with zero attached hydrogens (tertiary/aromatic N) is 1. The van der Waals surface area contributed by atoms with Crippen LogP contribution in [0.15, 0.2) is 17.0 Å². The van der Waals surface area contributed by atoms with Crippen LogP contribution in [0.1, 0.15) is 18.1 Å². The molecule has 4 nitrogen and oxygen atoms in total. The lowest BCUT2D eigenvalue weighted by Gasteiger charge is -2.15. The molecule has 0 atom stereocenters. The molecule has 0 heterocycles. The summed E-state index contributed by atoms with van der Waals surface area (Å²) in [4.78, 5) is 11.1. The molecule has 0 unspecified atom stereocenters. The van der Waals surface area contributed by atoms with Gasteiger partial charge in [0.2, 0.25) is 0 Å². The maximum atomic E-state index is 12.6. The standard InChI is InChI=1S/C13H12F3NO3S/c1-3-20-10(18)6-8-4-5-9(7-17)12(11(8)19-2)21-13(14,15)16/h4-5H,3,6H2,1-2H3. The van der Waals surface area contributed by atoms with Gasteiger partial charge in [-0.15, -0.1) is 0 Å². The Morgan fingerprint density at radius 1 is 1.43 bits per heavy atom. The van der Waals surface area contributed by atoms with Gasteiger partial charge < -0.3 is 9.47 Å². The van der Waals surface area contributed by atoms with E-state index in [1.807, 2.05) is 0 Å². The molecule has 21 heavy (non-hydrogen) atoms. The molecule has 1 rings (SSSR count). The fourth-order valence-corrected chi connectivity index (χ4v) is 2.40. The van der Waals surface area contributed by atoms with Crippen LogP contribution >= 0.6 is 11.8 Å². The number of thioether (sulfide) groups is 1. The van der Waals surface area contributed by atoms with Crippen molar-refractivity contribution in [2.45, 2.75) is 23.7 Å². The van der Waals surface area contributed by atoms with Gasteiger partial charge in [-0.25, -0.2) is 0 Å². The quantitative estimate of drug-likeness (QED) is 0.616. The number of halogens is 3. The molecule has 1 aromatic carbocycles. The van der Waals surface area contributed by atoms with Crippen LogP contribution in [0.5, 0.6) is 5.75 Å². The van der Waals surface area contributed by atoms with Crippen molar-refractivity contribution in [1.29, 1.82) is 5.26 Å². The maximum absolute atomic E-state index is 12.6. The first kappa shape index (κ1) is 17.2. The number of carbonyl (C=O) groups is 1. The van der Waals surface area contributed by atoms with E-state index in [2.05, 4.69) is 0 Å². The van der Waals surface area contributed by atoms with E-state index in [-0.39, 0.29) is 34.8 Å². The van der Waals surface area contributed by atoms with E-state index < -0.39 is 23.2 Å². The number of methoxy groups -OCH3 is 1. The van der Waals surface area contributed by atoms with Gasteiger partial charge in [0.1, 0.15) is 11.8 Å². The Bertz CT molecular complexity index is 567. The SMILES string of the molecule is CCOC(=O)Cc1ccc(C#N)c(SC(F)(F)F)c1OC. The van der Waals surface area contributed by atoms with Gasteiger partial charge in [0.25, 0.3) is 0 Å². The van der Waals surface area contributed by atoms with Crippen molar-refractivity contribution in [3.8, 4) is 11.8 Å². The molecular formula is C13H12F3NO3S. The lowest BCUT2D eigenvalue weighted by atomic mass is 10.1. The smallest absolute Gasteiger partial charge is 0.446 e. The molecule has 0 fully saturated rings. The largest absolute Gasteiger partial charge is 0.495 e. The molecule has 0 aliphatic rings. The number of benzene rings is 1. The highest BCUT2D eigenvalue weighted by Crippen LogP contribution is 2.44. The van der Waals surface area contributed by atoms with E-state index in [1.165, 1.54) is 19.2 Å². The van der Waals surface area contributed by atoms with E-state index in [4.69, 9.17) is 14.7 Å². The van der Waals surface area contributed by atoms with Gasteiger partial charge in [0.15, 0.2) is 0 Å².